The SMILES string of the molecule is Cc1nc2sccn2c1C(O)CCN. The van der Waals surface area contributed by atoms with E-state index in [0.717, 1.165) is 16.3 Å². The lowest BCUT2D eigenvalue weighted by Crippen LogP contribution is -2.09. The topological polar surface area (TPSA) is 63.5 Å². The Morgan fingerprint density at radius 2 is 2.50 bits per heavy atom. The molecule has 0 fully saturated rings. The fourth-order valence-electron chi connectivity index (χ4n) is 1.61. The number of aliphatic hydroxyl groups is 1. The lowest BCUT2D eigenvalue weighted by atomic mass is 10.1. The van der Waals surface area contributed by atoms with Crippen molar-refractivity contribution < 1.29 is 5.11 Å². The summed E-state index contributed by atoms with van der Waals surface area (Å²) in [4.78, 5) is 5.28. The van der Waals surface area contributed by atoms with Crippen LogP contribution >= 0.6 is 11.3 Å². The molecular weight excluding hydrogens is 198 g/mol. The third kappa shape index (κ3) is 1.43. The van der Waals surface area contributed by atoms with E-state index in [1.54, 1.807) is 11.3 Å². The molecule has 2 rings (SSSR count). The predicted octanol–water partition coefficient (Wildman–Crippen LogP) is 1.09. The lowest BCUT2D eigenvalue weighted by molar-refractivity contribution is 0.164. The third-order valence-electron chi connectivity index (χ3n) is 2.24. The summed E-state index contributed by atoms with van der Waals surface area (Å²) in [5, 5.41) is 11.8. The molecule has 14 heavy (non-hydrogen) atoms. The molecule has 4 nitrogen and oxygen atoms in total. The zero-order valence-electron chi connectivity index (χ0n) is 7.97. The summed E-state index contributed by atoms with van der Waals surface area (Å²) in [5.74, 6) is 0. The highest BCUT2D eigenvalue weighted by Gasteiger charge is 2.16. The number of fused-ring (bicyclic) bond motifs is 1. The van der Waals surface area contributed by atoms with Gasteiger partial charge in [0.1, 0.15) is 0 Å². The van der Waals surface area contributed by atoms with Gasteiger partial charge in [0.2, 0.25) is 0 Å². The molecule has 0 aliphatic rings. The Bertz CT molecular complexity index is 434. The van der Waals surface area contributed by atoms with Crippen LogP contribution in [0.5, 0.6) is 0 Å². The van der Waals surface area contributed by atoms with Gasteiger partial charge >= 0.3 is 0 Å². The molecule has 0 spiro atoms. The lowest BCUT2D eigenvalue weighted by Gasteiger charge is -2.08. The van der Waals surface area contributed by atoms with Gasteiger partial charge in [-0.2, -0.15) is 0 Å². The normalized spacial score (nSPS) is 13.6. The number of nitrogens with two attached hydrogens (primary N) is 1. The van der Waals surface area contributed by atoms with Crippen molar-refractivity contribution in [3.05, 3.63) is 23.0 Å². The number of imidazole rings is 1. The molecule has 2 aromatic heterocycles. The van der Waals surface area contributed by atoms with Crippen molar-refractivity contribution >= 4 is 16.3 Å². The third-order valence-corrected chi connectivity index (χ3v) is 3.00. The van der Waals surface area contributed by atoms with Crippen LogP contribution in [-0.2, 0) is 0 Å². The molecule has 0 aromatic carbocycles. The second-order valence-corrected chi connectivity index (χ2v) is 4.10. The van der Waals surface area contributed by atoms with Crippen LogP contribution in [0.3, 0.4) is 0 Å². The molecule has 3 N–H and O–H groups in total. The Kier molecular flexibility index (Phi) is 2.54. The molecule has 2 aromatic rings. The smallest absolute Gasteiger partial charge is 0.194 e. The van der Waals surface area contributed by atoms with Crippen LogP contribution in [0.15, 0.2) is 11.6 Å². The van der Waals surface area contributed by atoms with Crippen molar-refractivity contribution in [1.82, 2.24) is 9.38 Å². The standard InChI is InChI=1S/C9H13N3OS/c1-6-8(7(13)2-3-10)12-4-5-14-9(12)11-6/h4-5,7,13H,2-3,10H2,1H3. The van der Waals surface area contributed by atoms with Crippen LogP contribution in [0.1, 0.15) is 23.9 Å². The zero-order valence-corrected chi connectivity index (χ0v) is 8.79. The Morgan fingerprint density at radius 1 is 1.71 bits per heavy atom. The minimum atomic E-state index is -0.510. The van der Waals surface area contributed by atoms with Gasteiger partial charge in [0.25, 0.3) is 0 Å². The minimum Gasteiger partial charge on any atom is -0.387 e. The monoisotopic (exact) mass is 211 g/mol. The van der Waals surface area contributed by atoms with Crippen molar-refractivity contribution in [2.45, 2.75) is 19.4 Å². The first-order valence-corrected chi connectivity index (χ1v) is 5.42. The molecule has 0 aliphatic heterocycles. The van der Waals surface area contributed by atoms with Gasteiger partial charge in [0.05, 0.1) is 17.5 Å². The molecule has 0 saturated heterocycles. The summed E-state index contributed by atoms with van der Waals surface area (Å²) in [5.41, 5.74) is 7.17. The highest BCUT2D eigenvalue weighted by molar-refractivity contribution is 7.15. The van der Waals surface area contributed by atoms with Crippen LogP contribution in [-0.4, -0.2) is 21.0 Å². The van der Waals surface area contributed by atoms with E-state index in [-0.39, 0.29) is 0 Å². The van der Waals surface area contributed by atoms with Crippen molar-refractivity contribution in [2.24, 2.45) is 5.73 Å². The van der Waals surface area contributed by atoms with Crippen LogP contribution in [0.2, 0.25) is 0 Å². The molecule has 1 atom stereocenters. The highest BCUT2D eigenvalue weighted by atomic mass is 32.1. The van der Waals surface area contributed by atoms with Gasteiger partial charge in [-0.25, -0.2) is 4.98 Å². The summed E-state index contributed by atoms with van der Waals surface area (Å²) >= 11 is 1.57. The maximum absolute atomic E-state index is 9.87. The quantitative estimate of drug-likeness (QED) is 0.798. The number of hydrogen-bond donors (Lipinski definition) is 2. The number of aliphatic hydroxyl groups excluding tert-OH is 1. The molecular formula is C9H13N3OS. The van der Waals surface area contributed by atoms with Crippen LogP contribution in [0, 0.1) is 6.92 Å². The number of hydrogen-bond acceptors (Lipinski definition) is 4. The van der Waals surface area contributed by atoms with E-state index in [1.165, 1.54) is 0 Å². The van der Waals surface area contributed by atoms with Crippen LogP contribution in [0.25, 0.3) is 4.96 Å². The molecule has 0 amide bonds. The zero-order chi connectivity index (χ0) is 10.1. The predicted molar refractivity (Wildman–Crippen MR) is 56.4 cm³/mol. The summed E-state index contributed by atoms with van der Waals surface area (Å²) in [7, 11) is 0. The van der Waals surface area contributed by atoms with Gasteiger partial charge in [0, 0.05) is 11.6 Å². The number of rotatable bonds is 3. The number of aromatic nitrogens is 2. The van der Waals surface area contributed by atoms with Gasteiger partial charge in [-0.3, -0.25) is 4.40 Å². The van der Waals surface area contributed by atoms with E-state index in [4.69, 9.17) is 5.73 Å². The van der Waals surface area contributed by atoms with Crippen molar-refractivity contribution in [1.29, 1.82) is 0 Å². The average molecular weight is 211 g/mol. The molecule has 5 heteroatoms. The molecule has 0 aliphatic carbocycles. The minimum absolute atomic E-state index is 0.484. The maximum Gasteiger partial charge on any atom is 0.194 e. The highest BCUT2D eigenvalue weighted by Crippen LogP contribution is 2.23. The fraction of sp³-hybridized carbons (Fsp3) is 0.444. The van der Waals surface area contributed by atoms with Gasteiger partial charge in [-0.15, -0.1) is 11.3 Å². The second kappa shape index (κ2) is 3.68. The van der Waals surface area contributed by atoms with Crippen molar-refractivity contribution in [3.8, 4) is 0 Å². The number of thiazole rings is 1. The van der Waals surface area contributed by atoms with E-state index in [2.05, 4.69) is 4.98 Å². The van der Waals surface area contributed by atoms with Gasteiger partial charge in [0.15, 0.2) is 4.96 Å². The van der Waals surface area contributed by atoms with Gasteiger partial charge in [-0.05, 0) is 19.9 Å². The van der Waals surface area contributed by atoms with E-state index in [0.29, 0.717) is 13.0 Å². The molecule has 0 bridgehead atoms. The Labute approximate surface area is 86.0 Å². The van der Waals surface area contributed by atoms with Crippen molar-refractivity contribution in [3.63, 3.8) is 0 Å². The summed E-state index contributed by atoms with van der Waals surface area (Å²) in [6.45, 7) is 2.40. The van der Waals surface area contributed by atoms with E-state index < -0.39 is 6.10 Å². The number of nitrogens with zero attached hydrogens (tertiary/aromatic N) is 2. The van der Waals surface area contributed by atoms with Gasteiger partial charge < -0.3 is 10.8 Å². The largest absolute Gasteiger partial charge is 0.387 e. The Morgan fingerprint density at radius 3 is 3.21 bits per heavy atom. The fourth-order valence-corrected chi connectivity index (χ4v) is 2.37. The second-order valence-electron chi connectivity index (χ2n) is 3.23. The summed E-state index contributed by atoms with van der Waals surface area (Å²) in [6, 6.07) is 0. The molecule has 0 saturated carbocycles. The first-order valence-electron chi connectivity index (χ1n) is 4.54. The Hall–Kier alpha value is -0.910. The first-order chi connectivity index (χ1) is 6.74. The van der Waals surface area contributed by atoms with Gasteiger partial charge in [-0.1, -0.05) is 0 Å². The molecule has 1 unspecified atom stereocenters. The van der Waals surface area contributed by atoms with E-state index >= 15 is 0 Å². The average Bonchev–Trinajstić information content (AvgIpc) is 2.63. The van der Waals surface area contributed by atoms with E-state index in [1.807, 2.05) is 22.9 Å². The van der Waals surface area contributed by atoms with Crippen LogP contribution in [0.4, 0.5) is 0 Å². The summed E-state index contributed by atoms with van der Waals surface area (Å²) in [6.07, 6.45) is 1.99. The molecule has 76 valence electrons. The summed E-state index contributed by atoms with van der Waals surface area (Å²) < 4.78 is 1.93. The Balaban J connectivity index is 2.47. The van der Waals surface area contributed by atoms with Crippen LogP contribution < -0.4 is 5.73 Å². The number of aryl methyl sites for hydroxylation is 1. The molecule has 2 heterocycles. The maximum atomic E-state index is 9.87. The first kappa shape index (κ1) is 9.64. The van der Waals surface area contributed by atoms with E-state index in [9.17, 15) is 5.11 Å². The molecule has 0 radical (unpaired) electrons. The van der Waals surface area contributed by atoms with Crippen molar-refractivity contribution in [2.75, 3.05) is 6.54 Å².